The van der Waals surface area contributed by atoms with Gasteiger partial charge in [0.15, 0.2) is 0 Å². The summed E-state index contributed by atoms with van der Waals surface area (Å²) < 4.78 is 6.02. The minimum Gasteiger partial charge on any atom is -0.492 e. The van der Waals surface area contributed by atoms with E-state index in [0.717, 1.165) is 5.56 Å². The third-order valence-electron chi connectivity index (χ3n) is 2.97. The van der Waals surface area contributed by atoms with E-state index in [1.54, 1.807) is 19.1 Å². The summed E-state index contributed by atoms with van der Waals surface area (Å²) in [6.45, 7) is 1.60. The van der Waals surface area contributed by atoms with Crippen molar-refractivity contribution >= 4 is 5.97 Å². The molecule has 112 valence electrons. The SMILES string of the molecule is Cc1nc(-c2ccccc2)oc1C(=O)On1c(O)ccc1O. The normalized spacial score (nSPS) is 10.6. The smallest absolute Gasteiger partial charge is 0.401 e. The number of carbonyl (C=O) groups is 1. The lowest BCUT2D eigenvalue weighted by atomic mass is 10.2. The Morgan fingerprint density at radius 2 is 1.77 bits per heavy atom. The summed E-state index contributed by atoms with van der Waals surface area (Å²) in [5.41, 5.74) is 1.06. The summed E-state index contributed by atoms with van der Waals surface area (Å²) in [6.07, 6.45) is 0. The van der Waals surface area contributed by atoms with Crippen LogP contribution in [-0.4, -0.2) is 25.9 Å². The standard InChI is InChI=1S/C15H12N2O5/c1-9-13(15(20)22-17-11(18)7-8-12(17)19)21-14(16-9)10-5-3-2-4-6-10/h2-8,18-19H,1H3. The topological polar surface area (TPSA) is 97.7 Å². The third-order valence-corrected chi connectivity index (χ3v) is 2.97. The van der Waals surface area contributed by atoms with Gasteiger partial charge in [0, 0.05) is 17.7 Å². The lowest BCUT2D eigenvalue weighted by Gasteiger charge is -2.05. The highest BCUT2D eigenvalue weighted by Crippen LogP contribution is 2.23. The first-order valence-corrected chi connectivity index (χ1v) is 6.41. The predicted molar refractivity (Wildman–Crippen MR) is 75.3 cm³/mol. The number of rotatable bonds is 3. The lowest BCUT2D eigenvalue weighted by molar-refractivity contribution is 0.0347. The van der Waals surface area contributed by atoms with Gasteiger partial charge in [0.1, 0.15) is 0 Å². The van der Waals surface area contributed by atoms with Gasteiger partial charge < -0.3 is 19.5 Å². The summed E-state index contributed by atoms with van der Waals surface area (Å²) in [7, 11) is 0. The monoisotopic (exact) mass is 300 g/mol. The molecule has 0 unspecified atom stereocenters. The fourth-order valence-electron chi connectivity index (χ4n) is 1.91. The Hall–Kier alpha value is -3.22. The maximum atomic E-state index is 12.1. The van der Waals surface area contributed by atoms with Gasteiger partial charge in [-0.05, 0) is 19.1 Å². The molecule has 0 aliphatic rings. The van der Waals surface area contributed by atoms with Gasteiger partial charge in [-0.15, -0.1) is 4.73 Å². The van der Waals surface area contributed by atoms with E-state index in [1.165, 1.54) is 12.1 Å². The molecule has 0 radical (unpaired) electrons. The van der Waals surface area contributed by atoms with Crippen molar-refractivity contribution in [3.05, 3.63) is 53.9 Å². The molecule has 3 aromatic rings. The summed E-state index contributed by atoms with van der Waals surface area (Å²) in [6, 6.07) is 11.5. The van der Waals surface area contributed by atoms with Crippen LogP contribution in [0.25, 0.3) is 11.5 Å². The Morgan fingerprint density at radius 3 is 2.41 bits per heavy atom. The second kappa shape index (κ2) is 5.28. The average Bonchev–Trinajstić information content (AvgIpc) is 3.05. The number of aromatic hydroxyl groups is 2. The molecule has 0 saturated heterocycles. The van der Waals surface area contributed by atoms with Crippen molar-refractivity contribution in [2.75, 3.05) is 0 Å². The molecule has 0 fully saturated rings. The largest absolute Gasteiger partial charge is 0.492 e. The van der Waals surface area contributed by atoms with Gasteiger partial charge in [0.25, 0.3) is 0 Å². The van der Waals surface area contributed by atoms with E-state index >= 15 is 0 Å². The van der Waals surface area contributed by atoms with Gasteiger partial charge in [0.05, 0.1) is 5.69 Å². The Kier molecular flexibility index (Phi) is 3.30. The summed E-state index contributed by atoms with van der Waals surface area (Å²) in [5.74, 6) is -1.52. The first kappa shape index (κ1) is 13.7. The maximum absolute atomic E-state index is 12.1. The van der Waals surface area contributed by atoms with E-state index in [-0.39, 0.29) is 11.7 Å². The van der Waals surface area contributed by atoms with Crippen molar-refractivity contribution in [1.29, 1.82) is 0 Å². The number of benzene rings is 1. The van der Waals surface area contributed by atoms with Gasteiger partial charge in [-0.3, -0.25) is 0 Å². The quantitative estimate of drug-likeness (QED) is 0.769. The Balaban J connectivity index is 1.89. The number of aryl methyl sites for hydroxylation is 1. The van der Waals surface area contributed by atoms with Crippen LogP contribution < -0.4 is 4.84 Å². The summed E-state index contributed by atoms with van der Waals surface area (Å²) in [4.78, 5) is 21.1. The average molecular weight is 300 g/mol. The van der Waals surface area contributed by atoms with Crippen molar-refractivity contribution in [3.8, 4) is 23.2 Å². The first-order chi connectivity index (χ1) is 10.6. The molecule has 0 spiro atoms. The van der Waals surface area contributed by atoms with Crippen LogP contribution in [0.15, 0.2) is 46.9 Å². The van der Waals surface area contributed by atoms with Crippen LogP contribution in [0, 0.1) is 6.92 Å². The highest BCUT2D eigenvalue weighted by atomic mass is 16.7. The van der Waals surface area contributed by atoms with Crippen molar-refractivity contribution in [3.63, 3.8) is 0 Å². The number of carbonyl (C=O) groups excluding carboxylic acids is 1. The minimum absolute atomic E-state index is 0.105. The molecule has 0 amide bonds. The second-order valence-electron chi connectivity index (χ2n) is 4.52. The Labute approximate surface area is 125 Å². The molecule has 2 aromatic heterocycles. The number of hydrogen-bond acceptors (Lipinski definition) is 6. The molecule has 22 heavy (non-hydrogen) atoms. The summed E-state index contributed by atoms with van der Waals surface area (Å²) in [5, 5.41) is 18.9. The van der Waals surface area contributed by atoms with Crippen LogP contribution in [0.2, 0.25) is 0 Å². The Bertz CT molecular complexity index is 800. The molecule has 1 aromatic carbocycles. The van der Waals surface area contributed by atoms with Gasteiger partial charge in [-0.25, -0.2) is 9.78 Å². The number of nitrogens with zero attached hydrogens (tertiary/aromatic N) is 2. The van der Waals surface area contributed by atoms with Crippen LogP contribution >= 0.6 is 0 Å². The third kappa shape index (κ3) is 2.39. The van der Waals surface area contributed by atoms with E-state index in [2.05, 4.69) is 4.98 Å². The predicted octanol–water partition coefficient (Wildman–Crippen LogP) is 2.13. The molecule has 7 nitrogen and oxygen atoms in total. The van der Waals surface area contributed by atoms with E-state index in [4.69, 9.17) is 9.25 Å². The van der Waals surface area contributed by atoms with Crippen molar-refractivity contribution < 1.29 is 24.3 Å². The van der Waals surface area contributed by atoms with Gasteiger partial charge in [0.2, 0.25) is 23.4 Å². The van der Waals surface area contributed by atoms with E-state index in [9.17, 15) is 15.0 Å². The number of oxazole rings is 1. The molecule has 0 saturated carbocycles. The van der Waals surface area contributed by atoms with Crippen LogP contribution in [-0.2, 0) is 0 Å². The molecular weight excluding hydrogens is 288 g/mol. The molecular formula is C15H12N2O5. The van der Waals surface area contributed by atoms with E-state index < -0.39 is 17.7 Å². The molecule has 0 aliphatic heterocycles. The van der Waals surface area contributed by atoms with Crippen LogP contribution in [0.5, 0.6) is 11.8 Å². The lowest BCUT2D eigenvalue weighted by Crippen LogP contribution is -2.19. The molecule has 7 heteroatoms. The fraction of sp³-hybridized carbons (Fsp3) is 0.0667. The minimum atomic E-state index is -0.881. The highest BCUT2D eigenvalue weighted by molar-refractivity contribution is 5.88. The van der Waals surface area contributed by atoms with Crippen LogP contribution in [0.4, 0.5) is 0 Å². The number of aromatic nitrogens is 2. The molecule has 3 rings (SSSR count). The molecule has 0 aliphatic carbocycles. The zero-order valence-electron chi connectivity index (χ0n) is 11.6. The molecule has 0 atom stereocenters. The van der Waals surface area contributed by atoms with Crippen LogP contribution in [0.3, 0.4) is 0 Å². The van der Waals surface area contributed by atoms with Crippen molar-refractivity contribution in [2.24, 2.45) is 0 Å². The highest BCUT2D eigenvalue weighted by Gasteiger charge is 2.22. The summed E-state index contributed by atoms with van der Waals surface area (Å²) >= 11 is 0. The molecule has 0 bridgehead atoms. The van der Waals surface area contributed by atoms with Gasteiger partial charge in [-0.1, -0.05) is 18.2 Å². The first-order valence-electron chi connectivity index (χ1n) is 6.41. The van der Waals surface area contributed by atoms with Gasteiger partial charge >= 0.3 is 5.97 Å². The maximum Gasteiger partial charge on any atom is 0.401 e. The van der Waals surface area contributed by atoms with E-state index in [1.807, 2.05) is 18.2 Å². The Morgan fingerprint density at radius 1 is 1.14 bits per heavy atom. The van der Waals surface area contributed by atoms with Gasteiger partial charge in [-0.2, -0.15) is 0 Å². The van der Waals surface area contributed by atoms with E-state index in [0.29, 0.717) is 10.4 Å². The second-order valence-corrected chi connectivity index (χ2v) is 4.52. The van der Waals surface area contributed by atoms with Crippen molar-refractivity contribution in [1.82, 2.24) is 9.71 Å². The number of hydrogen-bond donors (Lipinski definition) is 2. The van der Waals surface area contributed by atoms with Crippen molar-refractivity contribution in [2.45, 2.75) is 6.92 Å². The molecule has 2 N–H and O–H groups in total. The zero-order chi connectivity index (χ0) is 15.7. The molecule has 2 heterocycles. The zero-order valence-corrected chi connectivity index (χ0v) is 11.6. The van der Waals surface area contributed by atoms with Crippen LogP contribution in [0.1, 0.15) is 16.2 Å². The fourth-order valence-corrected chi connectivity index (χ4v) is 1.91.